The Labute approximate surface area is 172 Å². The summed E-state index contributed by atoms with van der Waals surface area (Å²) in [5.74, 6) is 0.137. The average Bonchev–Trinajstić information content (AvgIpc) is 2.64. The summed E-state index contributed by atoms with van der Waals surface area (Å²) in [6.07, 6.45) is 1.86. The Hall–Kier alpha value is -2.05. The molecule has 0 radical (unpaired) electrons. The molecule has 0 aromatic heterocycles. The monoisotopic (exact) mass is 422 g/mol. The minimum Gasteiger partial charge on any atom is -0.356 e. The zero-order chi connectivity index (χ0) is 20.7. The van der Waals surface area contributed by atoms with E-state index in [9.17, 15) is 13.2 Å². The highest BCUT2D eigenvalue weighted by atomic mass is 35.5. The smallest absolute Gasteiger partial charge is 0.232 e. The molecule has 5 nitrogen and oxygen atoms in total. The van der Waals surface area contributed by atoms with Crippen molar-refractivity contribution in [3.63, 3.8) is 0 Å². The molecule has 152 valence electrons. The van der Waals surface area contributed by atoms with Gasteiger partial charge in [0.1, 0.15) is 0 Å². The van der Waals surface area contributed by atoms with Crippen molar-refractivity contribution in [1.29, 1.82) is 0 Å². The average molecular weight is 423 g/mol. The van der Waals surface area contributed by atoms with Crippen molar-refractivity contribution in [2.45, 2.75) is 32.6 Å². The fourth-order valence-corrected chi connectivity index (χ4v) is 4.25. The van der Waals surface area contributed by atoms with Gasteiger partial charge in [0.2, 0.25) is 15.9 Å². The van der Waals surface area contributed by atoms with Gasteiger partial charge < -0.3 is 5.32 Å². The van der Waals surface area contributed by atoms with E-state index >= 15 is 0 Å². The van der Waals surface area contributed by atoms with Crippen LogP contribution in [0, 0.1) is 6.92 Å². The summed E-state index contributed by atoms with van der Waals surface area (Å²) in [6.45, 7) is 4.67. The number of anilines is 1. The Morgan fingerprint density at radius 1 is 1.18 bits per heavy atom. The van der Waals surface area contributed by atoms with Gasteiger partial charge in [-0.05, 0) is 48.6 Å². The lowest BCUT2D eigenvalue weighted by Gasteiger charge is -2.24. The van der Waals surface area contributed by atoms with Crippen molar-refractivity contribution in [3.8, 4) is 0 Å². The fourth-order valence-electron chi connectivity index (χ4n) is 3.00. The Bertz CT molecular complexity index is 901. The molecule has 0 spiro atoms. The first-order chi connectivity index (χ1) is 13.2. The lowest BCUT2D eigenvalue weighted by atomic mass is 10.0. The summed E-state index contributed by atoms with van der Waals surface area (Å²) in [6, 6.07) is 15.1. The van der Waals surface area contributed by atoms with Crippen molar-refractivity contribution in [2.24, 2.45) is 0 Å². The Morgan fingerprint density at radius 2 is 1.86 bits per heavy atom. The van der Waals surface area contributed by atoms with Gasteiger partial charge in [-0.3, -0.25) is 9.10 Å². The van der Waals surface area contributed by atoms with E-state index in [1.54, 1.807) is 18.2 Å². The predicted molar refractivity (Wildman–Crippen MR) is 115 cm³/mol. The van der Waals surface area contributed by atoms with Gasteiger partial charge in [0.15, 0.2) is 0 Å². The van der Waals surface area contributed by atoms with E-state index in [2.05, 4.69) is 12.2 Å². The molecule has 0 saturated heterocycles. The molecular weight excluding hydrogens is 396 g/mol. The van der Waals surface area contributed by atoms with Gasteiger partial charge in [-0.15, -0.1) is 0 Å². The number of nitrogens with one attached hydrogen (secondary N) is 1. The van der Waals surface area contributed by atoms with E-state index < -0.39 is 10.0 Å². The molecule has 0 fully saturated rings. The van der Waals surface area contributed by atoms with Gasteiger partial charge in [0.25, 0.3) is 0 Å². The maximum Gasteiger partial charge on any atom is 0.232 e. The molecule has 7 heteroatoms. The normalized spacial score (nSPS) is 12.4. The van der Waals surface area contributed by atoms with E-state index in [0.29, 0.717) is 23.7 Å². The van der Waals surface area contributed by atoms with Crippen molar-refractivity contribution in [3.05, 3.63) is 64.7 Å². The van der Waals surface area contributed by atoms with Crippen molar-refractivity contribution in [1.82, 2.24) is 5.32 Å². The van der Waals surface area contributed by atoms with Crippen LogP contribution in [-0.2, 0) is 14.8 Å². The van der Waals surface area contributed by atoms with E-state index in [0.717, 1.165) is 5.56 Å². The van der Waals surface area contributed by atoms with Crippen LogP contribution in [-0.4, -0.2) is 33.7 Å². The number of hydrogen-bond donors (Lipinski definition) is 1. The fraction of sp³-hybridized carbons (Fsp3) is 0.381. The third-order valence-electron chi connectivity index (χ3n) is 4.57. The number of benzene rings is 2. The predicted octanol–water partition coefficient (Wildman–Crippen LogP) is 4.11. The molecule has 0 bridgehead atoms. The summed E-state index contributed by atoms with van der Waals surface area (Å²) >= 11 is 5.97. The number of halogens is 1. The van der Waals surface area contributed by atoms with E-state index in [1.165, 1.54) is 16.1 Å². The molecule has 0 aliphatic carbocycles. The van der Waals surface area contributed by atoms with Crippen LogP contribution in [0.2, 0.25) is 5.02 Å². The highest BCUT2D eigenvalue weighted by Crippen LogP contribution is 2.26. The first-order valence-electron chi connectivity index (χ1n) is 9.24. The van der Waals surface area contributed by atoms with Crippen molar-refractivity contribution < 1.29 is 13.2 Å². The summed E-state index contributed by atoms with van der Waals surface area (Å²) in [5.41, 5.74) is 2.54. The number of aryl methyl sites for hydroxylation is 1. The molecule has 2 aromatic rings. The maximum absolute atomic E-state index is 12.2. The molecule has 28 heavy (non-hydrogen) atoms. The lowest BCUT2D eigenvalue weighted by Crippen LogP contribution is -2.33. The zero-order valence-electron chi connectivity index (χ0n) is 16.5. The molecule has 1 atom stereocenters. The molecule has 2 rings (SSSR count). The number of nitrogens with zero attached hydrogens (tertiary/aromatic N) is 1. The molecule has 0 heterocycles. The van der Waals surface area contributed by atoms with E-state index in [1.807, 2.05) is 37.3 Å². The van der Waals surface area contributed by atoms with Crippen molar-refractivity contribution >= 4 is 33.2 Å². The van der Waals surface area contributed by atoms with Crippen LogP contribution >= 0.6 is 11.6 Å². The summed E-state index contributed by atoms with van der Waals surface area (Å²) < 4.78 is 25.7. The van der Waals surface area contributed by atoms with Crippen LogP contribution in [0.3, 0.4) is 0 Å². The lowest BCUT2D eigenvalue weighted by molar-refractivity contribution is -0.121. The van der Waals surface area contributed by atoms with Crippen LogP contribution in [0.25, 0.3) is 0 Å². The number of sulfonamides is 1. The number of rotatable bonds is 9. The second-order valence-corrected chi connectivity index (χ2v) is 9.33. The second kappa shape index (κ2) is 9.94. The van der Waals surface area contributed by atoms with Gasteiger partial charge in [-0.25, -0.2) is 8.42 Å². The first kappa shape index (κ1) is 22.2. The van der Waals surface area contributed by atoms with Gasteiger partial charge in [0, 0.05) is 24.5 Å². The highest BCUT2D eigenvalue weighted by Gasteiger charge is 2.19. The number of amides is 1. The van der Waals surface area contributed by atoms with Gasteiger partial charge in [0.05, 0.1) is 11.9 Å². The number of carbonyl (C=O) groups excluding carboxylic acids is 1. The maximum atomic E-state index is 12.2. The molecule has 0 aliphatic rings. The Morgan fingerprint density at radius 3 is 2.46 bits per heavy atom. The third kappa shape index (κ3) is 6.53. The molecule has 0 aliphatic heterocycles. The summed E-state index contributed by atoms with van der Waals surface area (Å²) in [5, 5.41) is 3.48. The Kier molecular flexibility index (Phi) is 7.89. The second-order valence-electron chi connectivity index (χ2n) is 6.99. The Balaban J connectivity index is 1.89. The third-order valence-corrected chi connectivity index (χ3v) is 5.98. The largest absolute Gasteiger partial charge is 0.356 e. The standard InChI is InChI=1S/C21H27ClN2O3S/c1-16-14-19(22)11-12-20(16)24(28(3,26)27)13-7-10-21(25)23-15-17(2)18-8-5-4-6-9-18/h4-6,8-9,11-12,14,17H,7,10,13,15H2,1-3H3,(H,23,25)/t17-/m1/s1. The van der Waals surface area contributed by atoms with Crippen LogP contribution < -0.4 is 9.62 Å². The van der Waals surface area contributed by atoms with E-state index in [-0.39, 0.29) is 24.8 Å². The molecule has 1 amide bonds. The summed E-state index contributed by atoms with van der Waals surface area (Å²) in [4.78, 5) is 12.2. The number of carbonyl (C=O) groups is 1. The minimum absolute atomic E-state index is 0.0796. The first-order valence-corrected chi connectivity index (χ1v) is 11.5. The molecule has 0 saturated carbocycles. The quantitative estimate of drug-likeness (QED) is 0.661. The van der Waals surface area contributed by atoms with Crippen LogP contribution in [0.15, 0.2) is 48.5 Å². The topological polar surface area (TPSA) is 66.5 Å². The van der Waals surface area contributed by atoms with Gasteiger partial charge >= 0.3 is 0 Å². The SMILES string of the molecule is Cc1cc(Cl)ccc1N(CCCC(=O)NC[C@@H](C)c1ccccc1)S(C)(=O)=O. The van der Waals surface area contributed by atoms with Gasteiger partial charge in [-0.1, -0.05) is 48.9 Å². The summed E-state index contributed by atoms with van der Waals surface area (Å²) in [7, 11) is -3.45. The van der Waals surface area contributed by atoms with E-state index in [4.69, 9.17) is 11.6 Å². The highest BCUT2D eigenvalue weighted by molar-refractivity contribution is 7.92. The van der Waals surface area contributed by atoms with Crippen LogP contribution in [0.5, 0.6) is 0 Å². The van der Waals surface area contributed by atoms with Crippen LogP contribution in [0.1, 0.15) is 36.8 Å². The molecule has 2 aromatic carbocycles. The zero-order valence-corrected chi connectivity index (χ0v) is 18.1. The molecule has 1 N–H and O–H groups in total. The van der Waals surface area contributed by atoms with Gasteiger partial charge in [-0.2, -0.15) is 0 Å². The minimum atomic E-state index is -3.45. The van der Waals surface area contributed by atoms with Crippen molar-refractivity contribution in [2.75, 3.05) is 23.7 Å². The number of hydrogen-bond acceptors (Lipinski definition) is 3. The van der Waals surface area contributed by atoms with Crippen LogP contribution in [0.4, 0.5) is 5.69 Å². The molecule has 0 unspecified atom stereocenters. The molecular formula is C21H27ClN2O3S.